The highest BCUT2D eigenvalue weighted by Gasteiger charge is 2.42. The summed E-state index contributed by atoms with van der Waals surface area (Å²) >= 11 is 1.25. The number of nitrogens with zero attached hydrogens (tertiary/aromatic N) is 2. The monoisotopic (exact) mass is 453 g/mol. The topological polar surface area (TPSA) is 95.1 Å². The van der Waals surface area contributed by atoms with Gasteiger partial charge in [-0.05, 0) is 56.7 Å². The lowest BCUT2D eigenvalue weighted by Crippen LogP contribution is -2.49. The third-order valence-corrected chi connectivity index (χ3v) is 6.28. The number of fused-ring (bicyclic) bond motifs is 1. The van der Waals surface area contributed by atoms with Crippen molar-refractivity contribution in [2.75, 3.05) is 29.1 Å². The second kappa shape index (κ2) is 9.72. The van der Waals surface area contributed by atoms with Crippen molar-refractivity contribution >= 4 is 40.1 Å². The van der Waals surface area contributed by atoms with Gasteiger partial charge in [0.1, 0.15) is 11.9 Å². The molecule has 2 aromatic carbocycles. The molecule has 0 aliphatic carbocycles. The number of benzene rings is 2. The fraction of sp³-hybridized carbons (Fsp3) is 0.348. The second-order valence-corrected chi connectivity index (χ2v) is 8.69. The molecule has 168 valence electrons. The number of hydrogen-bond donors (Lipinski definition) is 3. The molecule has 8 nitrogen and oxygen atoms in total. The Morgan fingerprint density at radius 2 is 2.03 bits per heavy atom. The zero-order valence-corrected chi connectivity index (χ0v) is 19.2. The van der Waals surface area contributed by atoms with Crippen molar-refractivity contribution in [1.29, 1.82) is 0 Å². The number of aryl methyl sites for hydroxylation is 2. The van der Waals surface area contributed by atoms with Crippen LogP contribution < -0.4 is 25.8 Å². The molecule has 1 fully saturated rings. The summed E-state index contributed by atoms with van der Waals surface area (Å²) in [6.45, 7) is 6.98. The summed E-state index contributed by atoms with van der Waals surface area (Å²) in [6, 6.07) is 13.2. The Morgan fingerprint density at radius 3 is 2.75 bits per heavy atom. The maximum atomic E-state index is 13.3. The van der Waals surface area contributed by atoms with E-state index in [0.29, 0.717) is 24.0 Å². The highest BCUT2D eigenvalue weighted by atomic mass is 32.2. The lowest BCUT2D eigenvalue weighted by atomic mass is 10.0. The Hall–Kier alpha value is -2.88. The van der Waals surface area contributed by atoms with Crippen LogP contribution in [0.2, 0.25) is 0 Å². The molecule has 2 aromatic rings. The maximum absolute atomic E-state index is 13.3. The number of rotatable bonds is 6. The van der Waals surface area contributed by atoms with E-state index in [-0.39, 0.29) is 29.7 Å². The normalized spacial score (nSPS) is 20.0. The van der Waals surface area contributed by atoms with E-state index in [2.05, 4.69) is 16.2 Å². The number of ether oxygens (including phenoxy) is 1. The van der Waals surface area contributed by atoms with E-state index in [1.165, 1.54) is 11.8 Å². The first-order chi connectivity index (χ1) is 15.5. The van der Waals surface area contributed by atoms with Crippen molar-refractivity contribution in [2.45, 2.75) is 26.9 Å². The quantitative estimate of drug-likeness (QED) is 0.623. The predicted molar refractivity (Wildman–Crippen MR) is 128 cm³/mol. The second-order valence-electron chi connectivity index (χ2n) is 7.74. The molecule has 32 heavy (non-hydrogen) atoms. The van der Waals surface area contributed by atoms with Crippen LogP contribution in [0.5, 0.6) is 5.75 Å². The number of anilines is 2. The minimum atomic E-state index is -0.341. The van der Waals surface area contributed by atoms with Gasteiger partial charge in [-0.2, -0.15) is 0 Å². The van der Waals surface area contributed by atoms with E-state index in [0.717, 1.165) is 22.6 Å². The van der Waals surface area contributed by atoms with Crippen molar-refractivity contribution in [2.24, 2.45) is 10.9 Å². The average Bonchev–Trinajstić information content (AvgIpc) is 3.24. The summed E-state index contributed by atoms with van der Waals surface area (Å²) in [5.74, 6) is 0.377. The molecule has 1 saturated heterocycles. The van der Waals surface area contributed by atoms with Crippen molar-refractivity contribution in [3.8, 4) is 5.75 Å². The number of amidine groups is 1. The van der Waals surface area contributed by atoms with E-state index in [1.54, 1.807) is 4.90 Å². The molecule has 9 heteroatoms. The van der Waals surface area contributed by atoms with Crippen molar-refractivity contribution in [3.63, 3.8) is 0 Å². The van der Waals surface area contributed by atoms with Gasteiger partial charge in [-0.15, -0.1) is 0 Å². The van der Waals surface area contributed by atoms with Gasteiger partial charge in [0.2, 0.25) is 11.8 Å². The first-order valence-corrected chi connectivity index (χ1v) is 11.6. The number of hydrazine groups is 1. The predicted octanol–water partition coefficient (Wildman–Crippen LogP) is 2.83. The molecule has 4 rings (SSSR count). The van der Waals surface area contributed by atoms with Gasteiger partial charge in [-0.3, -0.25) is 19.9 Å². The minimum Gasteiger partial charge on any atom is -0.494 e. The van der Waals surface area contributed by atoms with E-state index in [4.69, 9.17) is 9.73 Å². The van der Waals surface area contributed by atoms with Gasteiger partial charge in [0, 0.05) is 12.2 Å². The van der Waals surface area contributed by atoms with Crippen LogP contribution in [0.3, 0.4) is 0 Å². The Labute approximate surface area is 191 Å². The van der Waals surface area contributed by atoms with Crippen LogP contribution in [0, 0.1) is 19.8 Å². The number of amides is 2. The van der Waals surface area contributed by atoms with Crippen LogP contribution in [-0.2, 0) is 9.59 Å². The third kappa shape index (κ3) is 4.79. The zero-order chi connectivity index (χ0) is 22.7. The largest absolute Gasteiger partial charge is 0.494 e. The average molecular weight is 454 g/mol. The molecule has 2 heterocycles. The highest BCUT2D eigenvalue weighted by Crippen LogP contribution is 2.30. The Morgan fingerprint density at radius 1 is 1.25 bits per heavy atom. The summed E-state index contributed by atoms with van der Waals surface area (Å²) in [4.78, 5) is 32.2. The number of hydrogen-bond acceptors (Lipinski definition) is 7. The van der Waals surface area contributed by atoms with Crippen LogP contribution in [0.25, 0.3) is 0 Å². The van der Waals surface area contributed by atoms with Crippen molar-refractivity contribution < 1.29 is 14.3 Å². The molecule has 2 aliphatic heterocycles. The summed E-state index contributed by atoms with van der Waals surface area (Å²) in [5.41, 5.74) is 9.68. The van der Waals surface area contributed by atoms with E-state index >= 15 is 0 Å². The molecular formula is C23H27N5O3S. The van der Waals surface area contributed by atoms with E-state index in [1.807, 2.05) is 63.2 Å². The number of nitrogens with one attached hydrogen (secondary N) is 3. The Bertz CT molecular complexity index is 1040. The molecule has 0 spiro atoms. The van der Waals surface area contributed by atoms with Crippen LogP contribution in [-0.4, -0.2) is 42.1 Å². The first kappa shape index (κ1) is 22.3. The number of thioether (sulfide) groups is 1. The SMILES string of the molecule is CCOc1ccc(N2C(=O)C3CNNC3N=C2SCC(=O)Nc2ccc(C)cc2C)cc1. The molecule has 2 aliphatic rings. The molecule has 0 radical (unpaired) electrons. The number of aliphatic imine (C=N–C) groups is 1. The minimum absolute atomic E-state index is 0.0519. The standard InChI is InChI=1S/C23H27N5O3S/c1-4-31-17-8-6-16(7-9-17)28-22(30)18-12-24-27-21(18)26-23(28)32-13-20(29)25-19-10-5-14(2)11-15(19)3/h5-11,18,21,24,27H,4,12-13H2,1-3H3,(H,25,29). The summed E-state index contributed by atoms with van der Waals surface area (Å²) in [7, 11) is 0. The summed E-state index contributed by atoms with van der Waals surface area (Å²) < 4.78 is 5.51. The van der Waals surface area contributed by atoms with Gasteiger partial charge >= 0.3 is 0 Å². The fourth-order valence-corrected chi connectivity index (χ4v) is 4.58. The smallest absolute Gasteiger partial charge is 0.241 e. The van der Waals surface area contributed by atoms with Gasteiger partial charge in [-0.1, -0.05) is 29.5 Å². The summed E-state index contributed by atoms with van der Waals surface area (Å²) in [6.07, 6.45) is -0.341. The first-order valence-electron chi connectivity index (χ1n) is 10.6. The number of carbonyl (C=O) groups excluding carboxylic acids is 2. The van der Waals surface area contributed by atoms with Gasteiger partial charge in [-0.25, -0.2) is 10.4 Å². The zero-order valence-electron chi connectivity index (χ0n) is 18.3. The van der Waals surface area contributed by atoms with Gasteiger partial charge in [0.25, 0.3) is 0 Å². The van der Waals surface area contributed by atoms with E-state index in [9.17, 15) is 9.59 Å². The van der Waals surface area contributed by atoms with Crippen LogP contribution in [0.15, 0.2) is 47.5 Å². The Balaban J connectivity index is 1.51. The molecule has 3 N–H and O–H groups in total. The molecule has 2 atom stereocenters. The molecule has 2 unspecified atom stereocenters. The van der Waals surface area contributed by atoms with Gasteiger partial charge in [0.05, 0.1) is 24.0 Å². The lowest BCUT2D eigenvalue weighted by Gasteiger charge is -2.32. The fourth-order valence-electron chi connectivity index (χ4n) is 3.73. The van der Waals surface area contributed by atoms with Crippen molar-refractivity contribution in [1.82, 2.24) is 10.9 Å². The highest BCUT2D eigenvalue weighted by molar-refractivity contribution is 8.14. The van der Waals surface area contributed by atoms with Crippen LogP contribution in [0.1, 0.15) is 18.1 Å². The van der Waals surface area contributed by atoms with Gasteiger partial charge in [0.15, 0.2) is 5.17 Å². The molecule has 2 amide bonds. The molecule has 0 aromatic heterocycles. The third-order valence-electron chi connectivity index (χ3n) is 5.33. The Kier molecular flexibility index (Phi) is 6.78. The van der Waals surface area contributed by atoms with Crippen molar-refractivity contribution in [3.05, 3.63) is 53.6 Å². The number of carbonyl (C=O) groups is 2. The molecule has 0 saturated carbocycles. The van der Waals surface area contributed by atoms with Crippen LogP contribution >= 0.6 is 11.8 Å². The molecule has 0 bridgehead atoms. The lowest BCUT2D eigenvalue weighted by molar-refractivity contribution is -0.121. The maximum Gasteiger partial charge on any atom is 0.241 e. The summed E-state index contributed by atoms with van der Waals surface area (Å²) in [5, 5.41) is 3.44. The van der Waals surface area contributed by atoms with Crippen LogP contribution in [0.4, 0.5) is 11.4 Å². The molecular weight excluding hydrogens is 426 g/mol. The van der Waals surface area contributed by atoms with E-state index < -0.39 is 0 Å². The van der Waals surface area contributed by atoms with Gasteiger partial charge < -0.3 is 10.1 Å².